The molecule has 2 aliphatic rings. The van der Waals surface area contributed by atoms with E-state index in [-0.39, 0.29) is 11.7 Å². The van der Waals surface area contributed by atoms with Gasteiger partial charge in [-0.15, -0.1) is 0 Å². The first-order valence-electron chi connectivity index (χ1n) is 11.8. The van der Waals surface area contributed by atoms with E-state index in [9.17, 15) is 9.18 Å². The molecule has 0 radical (unpaired) electrons. The molecule has 0 spiro atoms. The van der Waals surface area contributed by atoms with Gasteiger partial charge in [-0.25, -0.2) is 4.39 Å². The zero-order chi connectivity index (χ0) is 22.2. The monoisotopic (exact) mass is 443 g/mol. The number of furan rings is 1. The normalized spacial score (nSPS) is 18.2. The Labute approximate surface area is 189 Å². The van der Waals surface area contributed by atoms with Gasteiger partial charge in [-0.2, -0.15) is 0 Å². The van der Waals surface area contributed by atoms with Gasteiger partial charge in [0.2, 0.25) is 0 Å². The maximum absolute atomic E-state index is 14.3. The number of rotatable bonds is 9. The first-order chi connectivity index (χ1) is 15.7. The maximum atomic E-state index is 14.3. The van der Waals surface area contributed by atoms with Gasteiger partial charge in [0.25, 0.3) is 5.91 Å². The summed E-state index contributed by atoms with van der Waals surface area (Å²) in [5.74, 6) is 0.706. The van der Waals surface area contributed by atoms with Crippen molar-refractivity contribution in [2.24, 2.45) is 0 Å². The molecule has 0 atom stereocenters. The number of morpholine rings is 1. The fourth-order valence-corrected chi connectivity index (χ4v) is 4.63. The van der Waals surface area contributed by atoms with Gasteiger partial charge in [0.15, 0.2) is 5.76 Å². The minimum atomic E-state index is -0.192. The first kappa shape index (κ1) is 23.0. The Kier molecular flexibility index (Phi) is 8.31. The Morgan fingerprint density at radius 3 is 2.62 bits per heavy atom. The van der Waals surface area contributed by atoms with Crippen molar-refractivity contribution in [3.63, 3.8) is 0 Å². The summed E-state index contributed by atoms with van der Waals surface area (Å²) in [6, 6.07) is 11.0. The predicted molar refractivity (Wildman–Crippen MR) is 121 cm³/mol. The summed E-state index contributed by atoms with van der Waals surface area (Å²) in [6.07, 6.45) is 5.90. The van der Waals surface area contributed by atoms with Crippen LogP contribution < -0.4 is 5.32 Å². The summed E-state index contributed by atoms with van der Waals surface area (Å²) in [5.41, 5.74) is 0.700. The second kappa shape index (κ2) is 11.6. The molecule has 2 aromatic rings. The highest BCUT2D eigenvalue weighted by Gasteiger charge is 2.24. The molecule has 1 saturated heterocycles. The van der Waals surface area contributed by atoms with Crippen molar-refractivity contribution in [3.8, 4) is 0 Å². The number of benzene rings is 1. The second-order valence-corrected chi connectivity index (χ2v) is 8.76. The molecule has 1 aliphatic heterocycles. The number of hydrogen-bond donors (Lipinski definition) is 1. The van der Waals surface area contributed by atoms with Gasteiger partial charge in [0.1, 0.15) is 11.6 Å². The molecule has 0 bridgehead atoms. The van der Waals surface area contributed by atoms with Gasteiger partial charge >= 0.3 is 0 Å². The third kappa shape index (κ3) is 6.40. The smallest absolute Gasteiger partial charge is 0.287 e. The summed E-state index contributed by atoms with van der Waals surface area (Å²) in [6.45, 7) is 5.80. The number of carbonyl (C=O) groups excluding carboxylic acids is 1. The molecule has 1 aliphatic carbocycles. The summed E-state index contributed by atoms with van der Waals surface area (Å²) < 4.78 is 25.6. The van der Waals surface area contributed by atoms with Crippen LogP contribution >= 0.6 is 0 Å². The van der Waals surface area contributed by atoms with Crippen molar-refractivity contribution in [3.05, 3.63) is 59.3 Å². The molecule has 2 fully saturated rings. The van der Waals surface area contributed by atoms with Crippen molar-refractivity contribution in [2.45, 2.75) is 51.2 Å². The Hall–Kier alpha value is -2.22. The van der Waals surface area contributed by atoms with Crippen molar-refractivity contribution < 1.29 is 18.3 Å². The molecule has 1 aromatic heterocycles. The molecule has 1 saturated carbocycles. The van der Waals surface area contributed by atoms with E-state index in [1.165, 1.54) is 25.3 Å². The maximum Gasteiger partial charge on any atom is 0.287 e. The molecule has 32 heavy (non-hydrogen) atoms. The van der Waals surface area contributed by atoms with E-state index in [1.807, 2.05) is 18.2 Å². The van der Waals surface area contributed by atoms with Crippen LogP contribution in [0.4, 0.5) is 4.39 Å². The number of halogens is 1. The van der Waals surface area contributed by atoms with Crippen LogP contribution in [-0.2, 0) is 17.8 Å². The van der Waals surface area contributed by atoms with Gasteiger partial charge in [-0.05, 0) is 31.0 Å². The Morgan fingerprint density at radius 2 is 1.84 bits per heavy atom. The molecule has 0 unspecified atom stereocenters. The molecule has 1 N–H and O–H groups in total. The third-order valence-electron chi connectivity index (χ3n) is 6.48. The van der Waals surface area contributed by atoms with Crippen LogP contribution in [0.5, 0.6) is 0 Å². The zero-order valence-electron chi connectivity index (χ0n) is 18.7. The van der Waals surface area contributed by atoms with Crippen LogP contribution in [0.1, 0.15) is 54.0 Å². The lowest BCUT2D eigenvalue weighted by atomic mass is 9.93. The SMILES string of the molecule is O=C(NCCN1CCOCC1)c1ccc(CN(Cc2ccccc2F)C2CCCCC2)o1. The number of carbonyl (C=O) groups is 1. The van der Waals surface area contributed by atoms with Crippen LogP contribution in [0, 0.1) is 5.82 Å². The van der Waals surface area contributed by atoms with Crippen LogP contribution in [0.15, 0.2) is 40.8 Å². The Bertz CT molecular complexity index is 860. The van der Waals surface area contributed by atoms with Gasteiger partial charge in [0.05, 0.1) is 19.8 Å². The summed E-state index contributed by atoms with van der Waals surface area (Å²) in [5, 5.41) is 2.95. The third-order valence-corrected chi connectivity index (χ3v) is 6.48. The van der Waals surface area contributed by atoms with E-state index in [2.05, 4.69) is 15.1 Å². The minimum Gasteiger partial charge on any atom is -0.455 e. The molecule has 2 heterocycles. The molecule has 4 rings (SSSR count). The predicted octanol–water partition coefficient (Wildman–Crippen LogP) is 3.82. The van der Waals surface area contributed by atoms with Gasteiger partial charge < -0.3 is 14.5 Å². The van der Waals surface area contributed by atoms with Gasteiger partial charge in [-0.3, -0.25) is 14.6 Å². The Morgan fingerprint density at radius 1 is 1.06 bits per heavy atom. The van der Waals surface area contributed by atoms with Gasteiger partial charge in [-0.1, -0.05) is 37.5 Å². The molecule has 174 valence electrons. The summed E-state index contributed by atoms with van der Waals surface area (Å²) in [4.78, 5) is 17.1. The lowest BCUT2D eigenvalue weighted by Gasteiger charge is -2.34. The fraction of sp³-hybridized carbons (Fsp3) is 0.560. The second-order valence-electron chi connectivity index (χ2n) is 8.76. The molecule has 1 amide bonds. The van der Waals surface area contributed by atoms with Crippen LogP contribution in [0.2, 0.25) is 0 Å². The van der Waals surface area contributed by atoms with E-state index >= 15 is 0 Å². The zero-order valence-corrected chi connectivity index (χ0v) is 18.7. The summed E-state index contributed by atoms with van der Waals surface area (Å²) >= 11 is 0. The number of nitrogens with zero attached hydrogens (tertiary/aromatic N) is 2. The number of amides is 1. The molecule has 6 nitrogen and oxygen atoms in total. The van der Waals surface area contributed by atoms with Crippen LogP contribution in [-0.4, -0.2) is 61.1 Å². The quantitative estimate of drug-likeness (QED) is 0.639. The van der Waals surface area contributed by atoms with E-state index < -0.39 is 0 Å². The molecule has 1 aromatic carbocycles. The van der Waals surface area contributed by atoms with E-state index in [0.717, 1.165) is 51.4 Å². The van der Waals surface area contributed by atoms with E-state index in [1.54, 1.807) is 12.1 Å². The fourth-order valence-electron chi connectivity index (χ4n) is 4.63. The lowest BCUT2D eigenvalue weighted by Crippen LogP contribution is -2.41. The highest BCUT2D eigenvalue weighted by atomic mass is 19.1. The number of ether oxygens (including phenoxy) is 1. The number of nitrogens with one attached hydrogen (secondary N) is 1. The topological polar surface area (TPSA) is 58.0 Å². The molecular weight excluding hydrogens is 409 g/mol. The van der Waals surface area contributed by atoms with Crippen molar-refractivity contribution in [1.29, 1.82) is 0 Å². The van der Waals surface area contributed by atoms with E-state index in [4.69, 9.17) is 9.15 Å². The van der Waals surface area contributed by atoms with Crippen LogP contribution in [0.3, 0.4) is 0 Å². The van der Waals surface area contributed by atoms with E-state index in [0.29, 0.717) is 37.0 Å². The highest BCUT2D eigenvalue weighted by molar-refractivity contribution is 5.91. The molecular formula is C25H34FN3O3. The van der Waals surface area contributed by atoms with Crippen molar-refractivity contribution in [2.75, 3.05) is 39.4 Å². The minimum absolute atomic E-state index is 0.173. The molecule has 7 heteroatoms. The summed E-state index contributed by atoms with van der Waals surface area (Å²) in [7, 11) is 0. The lowest BCUT2D eigenvalue weighted by molar-refractivity contribution is 0.0382. The highest BCUT2D eigenvalue weighted by Crippen LogP contribution is 2.26. The average molecular weight is 444 g/mol. The number of hydrogen-bond acceptors (Lipinski definition) is 5. The largest absolute Gasteiger partial charge is 0.455 e. The van der Waals surface area contributed by atoms with Crippen molar-refractivity contribution in [1.82, 2.24) is 15.1 Å². The van der Waals surface area contributed by atoms with Crippen LogP contribution in [0.25, 0.3) is 0 Å². The van der Waals surface area contributed by atoms with Gasteiger partial charge in [0, 0.05) is 44.3 Å². The van der Waals surface area contributed by atoms with Crippen molar-refractivity contribution >= 4 is 5.91 Å². The first-order valence-corrected chi connectivity index (χ1v) is 11.8. The standard InChI is InChI=1S/C25H34FN3O3/c26-23-9-5-4-6-20(23)18-29(21-7-2-1-3-8-21)19-22-10-11-24(32-22)25(30)27-12-13-28-14-16-31-17-15-28/h4-6,9-11,21H,1-3,7-8,12-19H2,(H,27,30). The average Bonchev–Trinajstić information content (AvgIpc) is 3.30. The Balaban J connectivity index is 1.34.